The van der Waals surface area contributed by atoms with Gasteiger partial charge in [0.15, 0.2) is 0 Å². The number of aromatic nitrogens is 2. The van der Waals surface area contributed by atoms with Crippen LogP contribution in [0.3, 0.4) is 0 Å². The van der Waals surface area contributed by atoms with E-state index in [9.17, 15) is 4.79 Å². The van der Waals surface area contributed by atoms with Crippen LogP contribution in [0.1, 0.15) is 15.9 Å². The predicted molar refractivity (Wildman–Crippen MR) is 100 cm³/mol. The average molecular weight is 400 g/mol. The third-order valence-electron chi connectivity index (χ3n) is 3.81. The predicted octanol–water partition coefficient (Wildman–Crippen LogP) is 3.62. The molecular formula is C19H18BrN3O2. The van der Waals surface area contributed by atoms with E-state index in [4.69, 9.17) is 4.74 Å². The van der Waals surface area contributed by atoms with E-state index in [0.717, 1.165) is 21.5 Å². The molecule has 1 N–H and O–H groups in total. The van der Waals surface area contributed by atoms with Crippen LogP contribution in [0.25, 0.3) is 5.69 Å². The second-order valence-electron chi connectivity index (χ2n) is 5.47. The number of nitrogens with one attached hydrogen (secondary N) is 1. The molecule has 0 radical (unpaired) electrons. The van der Waals surface area contributed by atoms with Crippen molar-refractivity contribution in [3.63, 3.8) is 0 Å². The minimum absolute atomic E-state index is 0.141. The molecule has 0 spiro atoms. The lowest BCUT2D eigenvalue weighted by Crippen LogP contribution is -2.25. The molecule has 0 bridgehead atoms. The minimum Gasteiger partial charge on any atom is -0.496 e. The van der Waals surface area contributed by atoms with Crippen LogP contribution in [0, 0.1) is 0 Å². The minimum atomic E-state index is -0.141. The summed E-state index contributed by atoms with van der Waals surface area (Å²) in [4.78, 5) is 12.3. The third-order valence-corrected chi connectivity index (χ3v) is 4.34. The zero-order valence-electron chi connectivity index (χ0n) is 13.8. The van der Waals surface area contributed by atoms with Crippen LogP contribution in [0.5, 0.6) is 5.75 Å². The number of para-hydroxylation sites is 1. The molecule has 5 nitrogen and oxygen atoms in total. The molecule has 0 aliphatic heterocycles. The van der Waals surface area contributed by atoms with Crippen LogP contribution < -0.4 is 10.1 Å². The quantitative estimate of drug-likeness (QED) is 0.688. The SMILES string of the molecule is COc1ccccc1CCNC(=O)c1cnn(-c2ccc(Br)cc2)c1. The number of ether oxygens (including phenoxy) is 1. The maximum Gasteiger partial charge on any atom is 0.254 e. The van der Waals surface area contributed by atoms with E-state index in [-0.39, 0.29) is 5.91 Å². The number of carbonyl (C=O) groups excluding carboxylic acids is 1. The zero-order valence-corrected chi connectivity index (χ0v) is 15.4. The molecule has 1 aromatic heterocycles. The van der Waals surface area contributed by atoms with Crippen LogP contribution in [0.15, 0.2) is 65.4 Å². The molecule has 1 heterocycles. The molecule has 0 aliphatic rings. The molecule has 1 amide bonds. The lowest BCUT2D eigenvalue weighted by Gasteiger charge is -2.08. The van der Waals surface area contributed by atoms with Gasteiger partial charge < -0.3 is 10.1 Å². The molecule has 0 saturated carbocycles. The number of carbonyl (C=O) groups is 1. The standard InChI is InChI=1S/C19H18BrN3O2/c1-25-18-5-3-2-4-14(18)10-11-21-19(24)15-12-22-23(13-15)17-8-6-16(20)7-9-17/h2-9,12-13H,10-11H2,1H3,(H,21,24). The first-order chi connectivity index (χ1) is 12.2. The molecular weight excluding hydrogens is 382 g/mol. The number of nitrogens with zero attached hydrogens (tertiary/aromatic N) is 2. The largest absolute Gasteiger partial charge is 0.496 e. The second-order valence-corrected chi connectivity index (χ2v) is 6.38. The van der Waals surface area contributed by atoms with Crippen LogP contribution in [0.4, 0.5) is 0 Å². The van der Waals surface area contributed by atoms with Gasteiger partial charge in [-0.15, -0.1) is 0 Å². The monoisotopic (exact) mass is 399 g/mol. The summed E-state index contributed by atoms with van der Waals surface area (Å²) in [5, 5.41) is 7.17. The number of amides is 1. The maximum absolute atomic E-state index is 12.3. The lowest BCUT2D eigenvalue weighted by molar-refractivity contribution is 0.0954. The number of halogens is 1. The Morgan fingerprint density at radius 1 is 1.20 bits per heavy atom. The highest BCUT2D eigenvalue weighted by Gasteiger charge is 2.10. The van der Waals surface area contributed by atoms with Crippen molar-refractivity contribution in [3.8, 4) is 11.4 Å². The zero-order chi connectivity index (χ0) is 17.6. The molecule has 0 aliphatic carbocycles. The second kappa shape index (κ2) is 7.98. The van der Waals surface area contributed by atoms with Crippen molar-refractivity contribution in [3.05, 3.63) is 76.5 Å². The van der Waals surface area contributed by atoms with E-state index in [1.807, 2.05) is 48.5 Å². The van der Waals surface area contributed by atoms with Gasteiger partial charge in [0.2, 0.25) is 0 Å². The Morgan fingerprint density at radius 3 is 2.72 bits per heavy atom. The van der Waals surface area contributed by atoms with Crippen LogP contribution in [0.2, 0.25) is 0 Å². The van der Waals surface area contributed by atoms with E-state index in [2.05, 4.69) is 26.3 Å². The van der Waals surface area contributed by atoms with Crippen LogP contribution >= 0.6 is 15.9 Å². The van der Waals surface area contributed by atoms with Crippen molar-refractivity contribution < 1.29 is 9.53 Å². The summed E-state index contributed by atoms with van der Waals surface area (Å²) in [6, 6.07) is 15.5. The van der Waals surface area contributed by atoms with E-state index in [1.165, 1.54) is 0 Å². The van der Waals surface area contributed by atoms with Gasteiger partial charge in [-0.1, -0.05) is 34.1 Å². The average Bonchev–Trinajstić information content (AvgIpc) is 3.13. The first kappa shape index (κ1) is 17.2. The number of rotatable bonds is 6. The summed E-state index contributed by atoms with van der Waals surface area (Å²) in [5.74, 6) is 0.693. The van der Waals surface area contributed by atoms with Crippen molar-refractivity contribution in [1.82, 2.24) is 15.1 Å². The van der Waals surface area contributed by atoms with Crippen molar-refractivity contribution in [2.24, 2.45) is 0 Å². The van der Waals surface area contributed by atoms with E-state index in [0.29, 0.717) is 18.5 Å². The molecule has 2 aromatic carbocycles. The van der Waals surface area contributed by atoms with E-state index < -0.39 is 0 Å². The smallest absolute Gasteiger partial charge is 0.254 e. The Hall–Kier alpha value is -2.60. The fraction of sp³-hybridized carbons (Fsp3) is 0.158. The van der Waals surface area contributed by atoms with Gasteiger partial charge in [-0.25, -0.2) is 4.68 Å². The summed E-state index contributed by atoms with van der Waals surface area (Å²) >= 11 is 3.40. The highest BCUT2D eigenvalue weighted by atomic mass is 79.9. The van der Waals surface area contributed by atoms with Gasteiger partial charge in [-0.3, -0.25) is 4.79 Å². The van der Waals surface area contributed by atoms with Gasteiger partial charge in [0.25, 0.3) is 5.91 Å². The fourth-order valence-electron chi connectivity index (χ4n) is 2.50. The topological polar surface area (TPSA) is 56.1 Å². The van der Waals surface area contributed by atoms with Crippen molar-refractivity contribution in [1.29, 1.82) is 0 Å². The van der Waals surface area contributed by atoms with Crippen LogP contribution in [-0.4, -0.2) is 29.3 Å². The van der Waals surface area contributed by atoms with Gasteiger partial charge >= 0.3 is 0 Å². The van der Waals surface area contributed by atoms with Crippen molar-refractivity contribution in [2.45, 2.75) is 6.42 Å². The number of methoxy groups -OCH3 is 1. The Labute approximate surface area is 154 Å². The normalized spacial score (nSPS) is 10.5. The van der Waals surface area contributed by atoms with Crippen molar-refractivity contribution in [2.75, 3.05) is 13.7 Å². The molecule has 0 fully saturated rings. The molecule has 6 heteroatoms. The highest BCUT2D eigenvalue weighted by molar-refractivity contribution is 9.10. The molecule has 3 rings (SSSR count). The molecule has 0 atom stereocenters. The Kier molecular flexibility index (Phi) is 5.50. The van der Waals surface area contributed by atoms with E-state index >= 15 is 0 Å². The lowest BCUT2D eigenvalue weighted by atomic mass is 10.1. The Balaban J connectivity index is 1.59. The number of hydrogen-bond acceptors (Lipinski definition) is 3. The summed E-state index contributed by atoms with van der Waals surface area (Å²) in [6.45, 7) is 0.530. The number of hydrogen-bond donors (Lipinski definition) is 1. The summed E-state index contributed by atoms with van der Waals surface area (Å²) in [7, 11) is 1.65. The molecule has 128 valence electrons. The van der Waals surface area contributed by atoms with Gasteiger partial charge in [0.05, 0.1) is 24.6 Å². The van der Waals surface area contributed by atoms with Gasteiger partial charge in [0.1, 0.15) is 5.75 Å². The van der Waals surface area contributed by atoms with Crippen molar-refractivity contribution >= 4 is 21.8 Å². The maximum atomic E-state index is 12.3. The third kappa shape index (κ3) is 4.28. The Morgan fingerprint density at radius 2 is 1.96 bits per heavy atom. The van der Waals surface area contributed by atoms with Gasteiger partial charge in [0, 0.05) is 17.2 Å². The summed E-state index contributed by atoms with van der Waals surface area (Å²) < 4.78 is 8.00. The Bertz CT molecular complexity index is 859. The first-order valence-corrected chi connectivity index (χ1v) is 8.67. The van der Waals surface area contributed by atoms with Gasteiger partial charge in [-0.2, -0.15) is 5.10 Å². The fourth-order valence-corrected chi connectivity index (χ4v) is 2.76. The number of benzene rings is 2. The highest BCUT2D eigenvalue weighted by Crippen LogP contribution is 2.17. The molecule has 0 unspecified atom stereocenters. The summed E-state index contributed by atoms with van der Waals surface area (Å²) in [6.07, 6.45) is 4.00. The molecule has 0 saturated heterocycles. The van der Waals surface area contributed by atoms with Gasteiger partial charge in [-0.05, 0) is 42.3 Å². The molecule has 25 heavy (non-hydrogen) atoms. The van der Waals surface area contributed by atoms with E-state index in [1.54, 1.807) is 24.2 Å². The first-order valence-electron chi connectivity index (χ1n) is 7.88. The van der Waals surface area contributed by atoms with Crippen LogP contribution in [-0.2, 0) is 6.42 Å². The summed E-state index contributed by atoms with van der Waals surface area (Å²) in [5.41, 5.74) is 2.50. The molecule has 3 aromatic rings.